The summed E-state index contributed by atoms with van der Waals surface area (Å²) in [6, 6.07) is 12.4. The molecule has 24 heavy (non-hydrogen) atoms. The Labute approximate surface area is 142 Å². The van der Waals surface area contributed by atoms with Crippen LogP contribution in [0.3, 0.4) is 0 Å². The molecule has 4 heteroatoms. The molecule has 0 radical (unpaired) electrons. The second-order valence-corrected chi connectivity index (χ2v) is 6.98. The van der Waals surface area contributed by atoms with Gasteiger partial charge >= 0.3 is 0 Å². The predicted octanol–water partition coefficient (Wildman–Crippen LogP) is 3.86. The monoisotopic (exact) mass is 324 g/mol. The third-order valence-electron chi connectivity index (χ3n) is 5.24. The molecule has 1 aliphatic heterocycles. The first-order valence-corrected chi connectivity index (χ1v) is 8.91. The summed E-state index contributed by atoms with van der Waals surface area (Å²) in [5.41, 5.74) is 2.44. The summed E-state index contributed by atoms with van der Waals surface area (Å²) in [4.78, 5) is 14.9. The van der Waals surface area contributed by atoms with Crippen molar-refractivity contribution in [2.24, 2.45) is 5.92 Å². The minimum absolute atomic E-state index is 0.0258. The number of amides is 1. The van der Waals surface area contributed by atoms with Crippen LogP contribution in [0, 0.1) is 5.92 Å². The number of furan rings is 1. The topological polar surface area (TPSA) is 45.5 Å². The number of carbonyl (C=O) groups is 1. The van der Waals surface area contributed by atoms with Crippen molar-refractivity contribution in [2.75, 3.05) is 18.0 Å². The minimum atomic E-state index is 0.0258. The van der Waals surface area contributed by atoms with Crippen molar-refractivity contribution in [2.45, 2.75) is 38.1 Å². The molecular formula is C20H24N2O2. The van der Waals surface area contributed by atoms with E-state index in [1.165, 1.54) is 24.1 Å². The van der Waals surface area contributed by atoms with E-state index in [0.717, 1.165) is 25.3 Å². The molecule has 2 fully saturated rings. The van der Waals surface area contributed by atoms with E-state index in [9.17, 15) is 4.79 Å². The van der Waals surface area contributed by atoms with Gasteiger partial charge in [0, 0.05) is 30.6 Å². The van der Waals surface area contributed by atoms with Gasteiger partial charge in [-0.05, 0) is 56.0 Å². The Kier molecular flexibility index (Phi) is 4.05. The van der Waals surface area contributed by atoms with E-state index in [0.29, 0.717) is 0 Å². The molecule has 2 heterocycles. The molecule has 0 spiro atoms. The zero-order valence-corrected chi connectivity index (χ0v) is 14.1. The van der Waals surface area contributed by atoms with Gasteiger partial charge in [0.25, 0.3) is 0 Å². The number of rotatable bonds is 5. The van der Waals surface area contributed by atoms with Crippen molar-refractivity contribution in [1.29, 1.82) is 0 Å². The smallest absolute Gasteiger partial charge is 0.224 e. The zero-order chi connectivity index (χ0) is 16.5. The first-order chi connectivity index (χ1) is 11.7. The van der Waals surface area contributed by atoms with Crippen molar-refractivity contribution in [3.63, 3.8) is 0 Å². The highest BCUT2D eigenvalue weighted by Gasteiger charge is 2.46. The van der Waals surface area contributed by atoms with Gasteiger partial charge in [-0.2, -0.15) is 0 Å². The number of benzene rings is 1. The highest BCUT2D eigenvalue weighted by Crippen LogP contribution is 2.47. The highest BCUT2D eigenvalue weighted by molar-refractivity contribution is 5.83. The normalized spacial score (nSPS) is 24.0. The molecule has 1 amide bonds. The number of anilines is 1. The molecule has 1 N–H and O–H groups in total. The van der Waals surface area contributed by atoms with Gasteiger partial charge in [-0.1, -0.05) is 12.1 Å². The summed E-state index contributed by atoms with van der Waals surface area (Å²) in [6.07, 6.45) is 5.10. The maximum Gasteiger partial charge on any atom is 0.224 e. The Morgan fingerprint density at radius 2 is 2.08 bits per heavy atom. The van der Waals surface area contributed by atoms with E-state index >= 15 is 0 Å². The quantitative estimate of drug-likeness (QED) is 0.908. The molecule has 4 rings (SSSR count). The van der Waals surface area contributed by atoms with Gasteiger partial charge < -0.3 is 14.6 Å². The van der Waals surface area contributed by atoms with Crippen molar-refractivity contribution in [1.82, 2.24) is 5.32 Å². The number of nitrogens with one attached hydrogen (secondary N) is 1. The van der Waals surface area contributed by atoms with Gasteiger partial charge in [0.1, 0.15) is 5.76 Å². The van der Waals surface area contributed by atoms with E-state index in [1.807, 2.05) is 12.1 Å². The average Bonchev–Trinajstić information content (AvgIpc) is 3.03. The maximum atomic E-state index is 12.5. The second-order valence-electron chi connectivity index (χ2n) is 6.98. The number of carbonyl (C=O) groups excluding carboxylic acids is 1. The maximum absolute atomic E-state index is 12.5. The highest BCUT2D eigenvalue weighted by atomic mass is 16.3. The molecule has 1 aromatic carbocycles. The Bertz CT molecular complexity index is 704. The minimum Gasteiger partial charge on any atom is -0.469 e. The number of nitrogens with zero attached hydrogens (tertiary/aromatic N) is 1. The van der Waals surface area contributed by atoms with Crippen LogP contribution in [-0.2, 0) is 4.79 Å². The lowest BCUT2D eigenvalue weighted by Crippen LogP contribution is -2.28. The molecule has 126 valence electrons. The first-order valence-electron chi connectivity index (χ1n) is 8.91. The molecule has 1 saturated heterocycles. The molecule has 1 saturated carbocycles. The van der Waals surface area contributed by atoms with Gasteiger partial charge in [-0.3, -0.25) is 4.79 Å². The van der Waals surface area contributed by atoms with Gasteiger partial charge in [0.05, 0.1) is 12.3 Å². The van der Waals surface area contributed by atoms with Crippen LogP contribution >= 0.6 is 0 Å². The van der Waals surface area contributed by atoms with Crippen molar-refractivity contribution in [3.8, 4) is 0 Å². The van der Waals surface area contributed by atoms with Gasteiger partial charge in [0.2, 0.25) is 5.91 Å². The fourth-order valence-electron chi connectivity index (χ4n) is 3.67. The summed E-state index contributed by atoms with van der Waals surface area (Å²) in [6.45, 7) is 4.33. The van der Waals surface area contributed by atoms with Crippen LogP contribution in [0.25, 0.3) is 0 Å². The summed E-state index contributed by atoms with van der Waals surface area (Å²) in [7, 11) is 0. The molecule has 4 nitrogen and oxygen atoms in total. The lowest BCUT2D eigenvalue weighted by molar-refractivity contribution is -0.123. The SMILES string of the molecule is C[C@H](NC(=O)[C@H]1C[C@H]1c1ccco1)c1cccc(N2CCCC2)c1. The molecular weight excluding hydrogens is 300 g/mol. The summed E-state index contributed by atoms with van der Waals surface area (Å²) < 4.78 is 5.41. The average molecular weight is 324 g/mol. The third kappa shape index (κ3) is 3.05. The summed E-state index contributed by atoms with van der Waals surface area (Å²) in [5.74, 6) is 1.37. The first kappa shape index (κ1) is 15.3. The molecule has 1 aliphatic carbocycles. The van der Waals surface area contributed by atoms with Gasteiger partial charge in [0.15, 0.2) is 0 Å². The lowest BCUT2D eigenvalue weighted by atomic mass is 10.1. The summed E-state index contributed by atoms with van der Waals surface area (Å²) in [5, 5.41) is 3.17. The number of hydrogen-bond acceptors (Lipinski definition) is 3. The van der Waals surface area contributed by atoms with E-state index in [2.05, 4.69) is 41.4 Å². The van der Waals surface area contributed by atoms with Crippen LogP contribution in [-0.4, -0.2) is 19.0 Å². The largest absolute Gasteiger partial charge is 0.469 e. The summed E-state index contributed by atoms with van der Waals surface area (Å²) >= 11 is 0. The van der Waals surface area contributed by atoms with E-state index in [4.69, 9.17) is 4.42 Å². The van der Waals surface area contributed by atoms with E-state index < -0.39 is 0 Å². The molecule has 0 unspecified atom stereocenters. The number of hydrogen-bond donors (Lipinski definition) is 1. The van der Waals surface area contributed by atoms with Gasteiger partial charge in [-0.15, -0.1) is 0 Å². The molecule has 1 aromatic heterocycles. The van der Waals surface area contributed by atoms with E-state index in [-0.39, 0.29) is 23.8 Å². The van der Waals surface area contributed by atoms with Crippen LogP contribution in [0.5, 0.6) is 0 Å². The van der Waals surface area contributed by atoms with Crippen molar-refractivity contribution >= 4 is 11.6 Å². The van der Waals surface area contributed by atoms with Crippen LogP contribution in [0.2, 0.25) is 0 Å². The predicted molar refractivity (Wildman–Crippen MR) is 94.0 cm³/mol. The Hall–Kier alpha value is -2.23. The Balaban J connectivity index is 1.38. The Morgan fingerprint density at radius 1 is 1.25 bits per heavy atom. The van der Waals surface area contributed by atoms with Crippen molar-refractivity contribution < 1.29 is 9.21 Å². The molecule has 2 aliphatic rings. The molecule has 2 aromatic rings. The van der Waals surface area contributed by atoms with Crippen LogP contribution in [0.1, 0.15) is 49.5 Å². The van der Waals surface area contributed by atoms with Crippen LogP contribution in [0.15, 0.2) is 47.1 Å². The lowest BCUT2D eigenvalue weighted by Gasteiger charge is -2.20. The fourth-order valence-corrected chi connectivity index (χ4v) is 3.67. The zero-order valence-electron chi connectivity index (χ0n) is 14.1. The van der Waals surface area contributed by atoms with Crippen LogP contribution in [0.4, 0.5) is 5.69 Å². The fraction of sp³-hybridized carbons (Fsp3) is 0.450. The second kappa shape index (κ2) is 6.34. The standard InChI is InChI=1S/C20H24N2O2/c1-14(15-6-4-7-16(12-15)22-9-2-3-10-22)21-20(23)18-13-17(18)19-8-5-11-24-19/h4-8,11-12,14,17-18H,2-3,9-10,13H2,1H3,(H,21,23)/t14-,17+,18-/m0/s1. The third-order valence-corrected chi connectivity index (χ3v) is 5.24. The molecule has 3 atom stereocenters. The van der Waals surface area contributed by atoms with Gasteiger partial charge in [-0.25, -0.2) is 0 Å². The van der Waals surface area contributed by atoms with Crippen LogP contribution < -0.4 is 10.2 Å². The van der Waals surface area contributed by atoms with Crippen molar-refractivity contribution in [3.05, 3.63) is 54.0 Å². The Morgan fingerprint density at radius 3 is 2.83 bits per heavy atom. The van der Waals surface area contributed by atoms with E-state index in [1.54, 1.807) is 6.26 Å². The molecule has 0 bridgehead atoms.